The number of halogens is 1. The molecule has 0 unspecified atom stereocenters. The summed E-state index contributed by atoms with van der Waals surface area (Å²) in [7, 11) is 1.80. The average Bonchev–Trinajstić information content (AvgIpc) is 2.76. The number of rotatable bonds is 7. The fraction of sp³-hybridized carbons (Fsp3) is 0.417. The fourth-order valence-electron chi connectivity index (χ4n) is 4.28. The highest BCUT2D eigenvalue weighted by atomic mass is 127. The molecule has 166 valence electrons. The highest BCUT2D eigenvalue weighted by Gasteiger charge is 2.38. The Balaban J connectivity index is 0.00000272. The first kappa shape index (κ1) is 23.4. The van der Waals surface area contributed by atoms with Crippen molar-refractivity contribution in [1.82, 2.24) is 10.6 Å². The van der Waals surface area contributed by atoms with E-state index in [4.69, 9.17) is 4.74 Å². The van der Waals surface area contributed by atoms with Crippen molar-refractivity contribution in [2.45, 2.75) is 31.1 Å². The molecule has 0 bridgehead atoms. The van der Waals surface area contributed by atoms with Gasteiger partial charge >= 0.3 is 0 Å². The number of carbonyl (C=O) groups is 1. The summed E-state index contributed by atoms with van der Waals surface area (Å²) >= 11 is 0. The van der Waals surface area contributed by atoms with Gasteiger partial charge in [-0.15, -0.1) is 24.0 Å². The zero-order valence-electron chi connectivity index (χ0n) is 18.0. The highest BCUT2D eigenvalue weighted by molar-refractivity contribution is 14.0. The number of hydrogen-bond donors (Lipinski definition) is 2. The molecule has 1 fully saturated rings. The summed E-state index contributed by atoms with van der Waals surface area (Å²) in [4.78, 5) is 18.5. The first-order valence-electron chi connectivity index (χ1n) is 10.7. The predicted molar refractivity (Wildman–Crippen MR) is 136 cm³/mol. The standard InChI is InChI=1S/C24H30N4O2.HI/c1-25-23(27-18-24(13-7-14-24)19-9-3-2-4-10-19)26-15-8-16-28-20-11-5-6-12-21(20)30-17-22(28)29;/h2-6,9-12H,7-8,13-18H2,1H3,(H2,25,26,27);1H. The zero-order chi connectivity index (χ0) is 20.8. The molecule has 0 aromatic heterocycles. The van der Waals surface area contributed by atoms with E-state index < -0.39 is 0 Å². The average molecular weight is 534 g/mol. The van der Waals surface area contributed by atoms with Crippen LogP contribution in [-0.4, -0.2) is 45.2 Å². The van der Waals surface area contributed by atoms with E-state index in [2.05, 4.69) is 46.0 Å². The predicted octanol–water partition coefficient (Wildman–Crippen LogP) is 3.71. The van der Waals surface area contributed by atoms with Gasteiger partial charge in [-0.25, -0.2) is 0 Å². The normalized spacial score (nSPS) is 17.0. The Hall–Kier alpha value is -2.29. The summed E-state index contributed by atoms with van der Waals surface area (Å²) in [6, 6.07) is 18.5. The van der Waals surface area contributed by atoms with E-state index in [1.807, 2.05) is 29.2 Å². The molecule has 0 radical (unpaired) electrons. The Morgan fingerprint density at radius 3 is 2.55 bits per heavy atom. The summed E-state index contributed by atoms with van der Waals surface area (Å²) in [6.45, 7) is 2.38. The van der Waals surface area contributed by atoms with Crippen molar-refractivity contribution in [3.05, 3.63) is 60.2 Å². The molecule has 1 saturated carbocycles. The number of nitrogens with zero attached hydrogens (tertiary/aromatic N) is 2. The van der Waals surface area contributed by atoms with Gasteiger partial charge in [0.05, 0.1) is 5.69 Å². The monoisotopic (exact) mass is 534 g/mol. The Labute approximate surface area is 201 Å². The highest BCUT2D eigenvalue weighted by Crippen LogP contribution is 2.43. The van der Waals surface area contributed by atoms with Crippen molar-refractivity contribution in [2.24, 2.45) is 4.99 Å². The number of fused-ring (bicyclic) bond motifs is 1. The molecule has 0 spiro atoms. The van der Waals surface area contributed by atoms with Crippen molar-refractivity contribution < 1.29 is 9.53 Å². The van der Waals surface area contributed by atoms with Gasteiger partial charge in [0.15, 0.2) is 12.6 Å². The van der Waals surface area contributed by atoms with Crippen LogP contribution in [0.3, 0.4) is 0 Å². The van der Waals surface area contributed by atoms with Crippen LogP contribution in [-0.2, 0) is 10.2 Å². The second kappa shape index (κ2) is 10.8. The first-order valence-corrected chi connectivity index (χ1v) is 10.7. The van der Waals surface area contributed by atoms with Crippen LogP contribution >= 0.6 is 24.0 Å². The number of anilines is 1. The molecule has 1 aliphatic heterocycles. The van der Waals surface area contributed by atoms with Crippen LogP contribution in [0.25, 0.3) is 0 Å². The third-order valence-electron chi connectivity index (χ3n) is 6.17. The van der Waals surface area contributed by atoms with Gasteiger partial charge in [0.1, 0.15) is 5.75 Å². The number of para-hydroxylation sites is 2. The quantitative estimate of drug-likeness (QED) is 0.246. The molecule has 31 heavy (non-hydrogen) atoms. The summed E-state index contributed by atoms with van der Waals surface area (Å²) in [5.74, 6) is 1.59. The van der Waals surface area contributed by atoms with Gasteiger partial charge in [0, 0.05) is 32.1 Å². The van der Waals surface area contributed by atoms with Crippen LogP contribution in [0.2, 0.25) is 0 Å². The van der Waals surface area contributed by atoms with E-state index in [0.717, 1.165) is 36.9 Å². The van der Waals surface area contributed by atoms with E-state index in [9.17, 15) is 4.79 Å². The van der Waals surface area contributed by atoms with Crippen LogP contribution in [0.5, 0.6) is 5.75 Å². The molecule has 1 heterocycles. The number of benzene rings is 2. The van der Waals surface area contributed by atoms with Crippen molar-refractivity contribution in [2.75, 3.05) is 38.2 Å². The number of nitrogens with one attached hydrogen (secondary N) is 2. The number of ether oxygens (including phenoxy) is 1. The molecule has 6 nitrogen and oxygen atoms in total. The second-order valence-corrected chi connectivity index (χ2v) is 8.01. The molecule has 2 aromatic carbocycles. The molecule has 0 saturated heterocycles. The maximum absolute atomic E-state index is 12.3. The molecular weight excluding hydrogens is 503 g/mol. The van der Waals surface area contributed by atoms with E-state index in [1.165, 1.54) is 24.8 Å². The van der Waals surface area contributed by atoms with Gasteiger partial charge in [0.25, 0.3) is 5.91 Å². The lowest BCUT2D eigenvalue weighted by Gasteiger charge is -2.43. The van der Waals surface area contributed by atoms with Crippen LogP contribution in [0.4, 0.5) is 5.69 Å². The van der Waals surface area contributed by atoms with Crippen LogP contribution < -0.4 is 20.3 Å². The minimum atomic E-state index is 0. The fourth-order valence-corrected chi connectivity index (χ4v) is 4.28. The number of guanidine groups is 1. The van der Waals surface area contributed by atoms with Gasteiger partial charge < -0.3 is 20.3 Å². The number of hydrogen-bond acceptors (Lipinski definition) is 3. The minimum Gasteiger partial charge on any atom is -0.482 e. The van der Waals surface area contributed by atoms with Gasteiger partial charge in [0.2, 0.25) is 0 Å². The zero-order valence-corrected chi connectivity index (χ0v) is 20.3. The summed E-state index contributed by atoms with van der Waals surface area (Å²) < 4.78 is 5.51. The van der Waals surface area contributed by atoms with Gasteiger partial charge in [-0.2, -0.15) is 0 Å². The molecule has 4 rings (SSSR count). The lowest BCUT2D eigenvalue weighted by atomic mass is 9.64. The van der Waals surface area contributed by atoms with E-state index in [-0.39, 0.29) is 41.9 Å². The van der Waals surface area contributed by atoms with E-state index in [1.54, 1.807) is 7.05 Å². The summed E-state index contributed by atoms with van der Waals surface area (Å²) in [5, 5.41) is 6.90. The minimum absolute atomic E-state index is 0. The maximum Gasteiger partial charge on any atom is 0.265 e. The van der Waals surface area contributed by atoms with Gasteiger partial charge in [-0.3, -0.25) is 9.79 Å². The maximum atomic E-state index is 12.3. The lowest BCUT2D eigenvalue weighted by Crippen LogP contribution is -2.49. The molecule has 2 aromatic rings. The Bertz CT molecular complexity index is 899. The van der Waals surface area contributed by atoms with Crippen molar-refractivity contribution in [3.8, 4) is 5.75 Å². The van der Waals surface area contributed by atoms with Crippen LogP contribution in [0.1, 0.15) is 31.2 Å². The summed E-state index contributed by atoms with van der Waals surface area (Å²) in [6.07, 6.45) is 4.52. The molecule has 2 N–H and O–H groups in total. The Morgan fingerprint density at radius 2 is 1.84 bits per heavy atom. The largest absolute Gasteiger partial charge is 0.482 e. The van der Waals surface area contributed by atoms with Crippen molar-refractivity contribution in [1.29, 1.82) is 0 Å². The number of aliphatic imine (C=N–C) groups is 1. The van der Waals surface area contributed by atoms with Crippen molar-refractivity contribution in [3.63, 3.8) is 0 Å². The van der Waals surface area contributed by atoms with Crippen LogP contribution in [0.15, 0.2) is 59.6 Å². The molecule has 0 atom stereocenters. The molecule has 2 aliphatic rings. The first-order chi connectivity index (χ1) is 14.7. The number of amides is 1. The topological polar surface area (TPSA) is 66.0 Å². The SMILES string of the molecule is CN=C(NCCCN1C(=O)COc2ccccc21)NCC1(c2ccccc2)CCC1.I. The second-order valence-electron chi connectivity index (χ2n) is 8.01. The number of carbonyl (C=O) groups excluding carboxylic acids is 1. The smallest absolute Gasteiger partial charge is 0.265 e. The van der Waals surface area contributed by atoms with Crippen molar-refractivity contribution >= 4 is 41.5 Å². The van der Waals surface area contributed by atoms with E-state index >= 15 is 0 Å². The molecular formula is C24H31IN4O2. The third kappa shape index (κ3) is 5.31. The molecule has 1 aliphatic carbocycles. The summed E-state index contributed by atoms with van der Waals surface area (Å²) in [5.41, 5.74) is 2.47. The lowest BCUT2D eigenvalue weighted by molar-refractivity contribution is -0.121. The Kier molecular flexibility index (Phi) is 8.17. The van der Waals surface area contributed by atoms with Crippen LogP contribution in [0, 0.1) is 0 Å². The Morgan fingerprint density at radius 1 is 1.10 bits per heavy atom. The van der Waals surface area contributed by atoms with Gasteiger partial charge in [-0.1, -0.05) is 48.9 Å². The van der Waals surface area contributed by atoms with E-state index in [0.29, 0.717) is 6.54 Å². The molecule has 7 heteroatoms. The molecule has 1 amide bonds. The third-order valence-corrected chi connectivity index (χ3v) is 6.17. The van der Waals surface area contributed by atoms with Gasteiger partial charge in [-0.05, 0) is 37.0 Å².